The van der Waals surface area contributed by atoms with Gasteiger partial charge in [-0.15, -0.1) is 0 Å². The van der Waals surface area contributed by atoms with E-state index in [-0.39, 0.29) is 22.3 Å². The van der Waals surface area contributed by atoms with Crippen molar-refractivity contribution in [2.45, 2.75) is 51.4 Å². The third kappa shape index (κ3) is 5.35. The third-order valence-electron chi connectivity index (χ3n) is 6.81. The highest BCUT2D eigenvalue weighted by Crippen LogP contribution is 2.40. The number of aryl methyl sites for hydroxylation is 1. The summed E-state index contributed by atoms with van der Waals surface area (Å²) in [6.07, 6.45) is 2.83. The number of nitrogens with zero attached hydrogens (tertiary/aromatic N) is 5. The highest BCUT2D eigenvalue weighted by Gasteiger charge is 2.33. The van der Waals surface area contributed by atoms with E-state index in [1.54, 1.807) is 11.0 Å². The Morgan fingerprint density at radius 1 is 1.21 bits per heavy atom. The smallest absolute Gasteiger partial charge is 0.414 e. The average Bonchev–Trinajstić information content (AvgIpc) is 3.37. The van der Waals surface area contributed by atoms with Gasteiger partial charge in [0.1, 0.15) is 16.9 Å². The number of rotatable bonds is 4. The van der Waals surface area contributed by atoms with Gasteiger partial charge in [-0.2, -0.15) is 4.98 Å². The molecular weight excluding hydrogens is 522 g/mol. The fourth-order valence-electron chi connectivity index (χ4n) is 5.05. The highest BCUT2D eigenvalue weighted by molar-refractivity contribution is 7.90. The largest absolute Gasteiger partial charge is 0.443 e. The summed E-state index contributed by atoms with van der Waals surface area (Å²) >= 11 is 0. The summed E-state index contributed by atoms with van der Waals surface area (Å²) in [7, 11) is -3.68. The number of hydrogen-bond acceptors (Lipinski definition) is 9. The van der Waals surface area contributed by atoms with Crippen molar-refractivity contribution in [1.29, 1.82) is 0 Å². The summed E-state index contributed by atoms with van der Waals surface area (Å²) in [5, 5.41) is 0.213. The van der Waals surface area contributed by atoms with Crippen LogP contribution in [-0.4, -0.2) is 67.2 Å². The number of para-hydroxylation sites is 1. The first kappa shape index (κ1) is 27.1. The first-order chi connectivity index (χ1) is 18.3. The molecule has 2 aliphatic heterocycles. The van der Waals surface area contributed by atoms with Gasteiger partial charge in [-0.05, 0) is 51.8 Å². The van der Waals surface area contributed by atoms with Gasteiger partial charge in [0.15, 0.2) is 0 Å². The van der Waals surface area contributed by atoms with Gasteiger partial charge in [-0.3, -0.25) is 14.3 Å². The minimum absolute atomic E-state index is 0.0938. The van der Waals surface area contributed by atoms with Crippen molar-refractivity contribution >= 4 is 44.0 Å². The van der Waals surface area contributed by atoms with E-state index >= 15 is 0 Å². The summed E-state index contributed by atoms with van der Waals surface area (Å²) in [6.45, 7) is 9.51. The molecule has 2 aromatic heterocycles. The predicted molar refractivity (Wildman–Crippen MR) is 148 cm³/mol. The molecule has 208 valence electrons. The van der Waals surface area contributed by atoms with E-state index < -0.39 is 21.5 Å². The Bertz CT molecular complexity index is 1610. The molecule has 1 aromatic carbocycles. The normalized spacial score (nSPS) is 17.9. The van der Waals surface area contributed by atoms with Gasteiger partial charge < -0.3 is 14.4 Å². The Balaban J connectivity index is 1.66. The third-order valence-corrected chi connectivity index (χ3v) is 7.67. The van der Waals surface area contributed by atoms with Crippen LogP contribution in [0, 0.1) is 12.8 Å². The lowest BCUT2D eigenvalue weighted by Gasteiger charge is -2.39. The molecule has 12 heteroatoms. The molecule has 1 amide bonds. The van der Waals surface area contributed by atoms with Crippen LogP contribution in [0.4, 0.5) is 21.9 Å². The van der Waals surface area contributed by atoms with Gasteiger partial charge >= 0.3 is 6.09 Å². The minimum Gasteiger partial charge on any atom is -0.443 e. The number of fused-ring (bicyclic) bond motifs is 2. The molecule has 1 fully saturated rings. The predicted octanol–water partition coefficient (Wildman–Crippen LogP) is 3.43. The van der Waals surface area contributed by atoms with Crippen LogP contribution in [0.15, 0.2) is 40.4 Å². The molecule has 0 N–H and O–H groups in total. The molecule has 0 radical (unpaired) electrons. The van der Waals surface area contributed by atoms with Gasteiger partial charge in [0.05, 0.1) is 18.0 Å². The molecule has 1 saturated heterocycles. The monoisotopic (exact) mass is 555 g/mol. The summed E-state index contributed by atoms with van der Waals surface area (Å²) in [4.78, 5) is 39.1. The number of ether oxygens (including phenoxy) is 2. The Kier molecular flexibility index (Phi) is 6.88. The van der Waals surface area contributed by atoms with Crippen molar-refractivity contribution in [3.63, 3.8) is 0 Å². The molecule has 0 saturated carbocycles. The molecule has 3 aromatic rings. The number of carbonyl (C=O) groups excluding carboxylic acids is 1. The zero-order chi connectivity index (χ0) is 28.1. The average molecular weight is 556 g/mol. The Labute approximate surface area is 227 Å². The fraction of sp³-hybridized carbons (Fsp3) is 0.481. The molecule has 2 aliphatic rings. The van der Waals surface area contributed by atoms with E-state index in [9.17, 15) is 18.0 Å². The molecule has 1 unspecified atom stereocenters. The van der Waals surface area contributed by atoms with Gasteiger partial charge in [0.2, 0.25) is 15.0 Å². The van der Waals surface area contributed by atoms with Crippen LogP contribution in [0.5, 0.6) is 0 Å². The summed E-state index contributed by atoms with van der Waals surface area (Å²) < 4.78 is 37.1. The van der Waals surface area contributed by atoms with Crippen LogP contribution in [0.25, 0.3) is 11.0 Å². The van der Waals surface area contributed by atoms with E-state index in [0.717, 1.165) is 18.2 Å². The zero-order valence-corrected chi connectivity index (χ0v) is 23.6. The SMILES string of the molecule is Cc1cccc2c1N(C(=O)OC(C)(C)C)CCN2c1cc2cnc(S(C)(=O)=O)nc2n(CC2CCOC2)c1=O. The summed E-state index contributed by atoms with van der Waals surface area (Å²) in [6, 6.07) is 7.37. The molecule has 0 bridgehead atoms. The van der Waals surface area contributed by atoms with E-state index in [1.807, 2.05) is 50.8 Å². The molecule has 4 heterocycles. The molecular formula is C27H33N5O6S. The minimum atomic E-state index is -3.68. The second-order valence-corrected chi connectivity index (χ2v) is 13.0. The maximum atomic E-state index is 14.1. The van der Waals surface area contributed by atoms with Gasteiger partial charge in [0, 0.05) is 50.0 Å². The highest BCUT2D eigenvalue weighted by atomic mass is 32.2. The summed E-state index contributed by atoms with van der Waals surface area (Å²) in [5.74, 6) is 0.0938. The fourth-order valence-corrected chi connectivity index (χ4v) is 5.55. The maximum Gasteiger partial charge on any atom is 0.414 e. The van der Waals surface area contributed by atoms with E-state index in [1.165, 1.54) is 10.8 Å². The molecule has 11 nitrogen and oxygen atoms in total. The van der Waals surface area contributed by atoms with Crippen molar-refractivity contribution in [3.05, 3.63) is 46.4 Å². The van der Waals surface area contributed by atoms with E-state index in [0.29, 0.717) is 55.3 Å². The number of hydrogen-bond donors (Lipinski definition) is 0. The quantitative estimate of drug-likeness (QED) is 0.445. The van der Waals surface area contributed by atoms with Crippen molar-refractivity contribution < 1.29 is 22.7 Å². The topological polar surface area (TPSA) is 124 Å². The Morgan fingerprint density at radius 3 is 2.64 bits per heavy atom. The molecule has 0 aliphatic carbocycles. The molecule has 0 spiro atoms. The maximum absolute atomic E-state index is 14.1. The lowest BCUT2D eigenvalue weighted by Crippen LogP contribution is -2.46. The summed E-state index contributed by atoms with van der Waals surface area (Å²) in [5.41, 5.74) is 1.96. The number of benzene rings is 1. The number of anilines is 3. The number of aromatic nitrogens is 3. The Hall–Kier alpha value is -3.51. The molecule has 39 heavy (non-hydrogen) atoms. The van der Waals surface area contributed by atoms with Crippen LogP contribution in [-0.2, 0) is 25.9 Å². The van der Waals surface area contributed by atoms with Crippen LogP contribution < -0.4 is 15.4 Å². The second-order valence-electron chi connectivity index (χ2n) is 11.1. The van der Waals surface area contributed by atoms with Gasteiger partial charge in [0.25, 0.3) is 5.56 Å². The first-order valence-electron chi connectivity index (χ1n) is 12.9. The number of pyridine rings is 1. The zero-order valence-electron chi connectivity index (χ0n) is 22.8. The van der Waals surface area contributed by atoms with Crippen LogP contribution in [0.3, 0.4) is 0 Å². The van der Waals surface area contributed by atoms with Crippen LogP contribution >= 0.6 is 0 Å². The molecule has 1 atom stereocenters. The number of sulfone groups is 1. The van der Waals surface area contributed by atoms with Crippen molar-refractivity contribution in [1.82, 2.24) is 14.5 Å². The second kappa shape index (κ2) is 9.91. The van der Waals surface area contributed by atoms with E-state index in [2.05, 4.69) is 9.97 Å². The lowest BCUT2D eigenvalue weighted by atomic mass is 10.1. The lowest BCUT2D eigenvalue weighted by molar-refractivity contribution is 0.0580. The van der Waals surface area contributed by atoms with Gasteiger partial charge in [-0.25, -0.2) is 18.2 Å². The first-order valence-corrected chi connectivity index (χ1v) is 14.8. The van der Waals surface area contributed by atoms with Gasteiger partial charge in [-0.1, -0.05) is 12.1 Å². The van der Waals surface area contributed by atoms with E-state index in [4.69, 9.17) is 9.47 Å². The number of amides is 1. The van der Waals surface area contributed by atoms with Crippen LogP contribution in [0.1, 0.15) is 32.8 Å². The number of carbonyl (C=O) groups is 1. The molecule has 5 rings (SSSR count). The van der Waals surface area contributed by atoms with Crippen molar-refractivity contribution in [2.75, 3.05) is 42.4 Å². The standard InChI is InChI=1S/C27H33N5O6S/c1-17-7-6-8-20-22(17)31(26(34)38-27(2,3)4)11-10-30(20)21-13-19-14-28-25(39(5,35)36)29-23(19)32(24(21)33)15-18-9-12-37-16-18/h6-8,13-14,18H,9-12,15-16H2,1-5H3. The van der Waals surface area contributed by atoms with Crippen molar-refractivity contribution in [2.24, 2.45) is 5.92 Å². The van der Waals surface area contributed by atoms with Crippen molar-refractivity contribution in [3.8, 4) is 0 Å². The Morgan fingerprint density at radius 2 is 1.97 bits per heavy atom. The van der Waals surface area contributed by atoms with Crippen LogP contribution in [0.2, 0.25) is 0 Å².